The van der Waals surface area contributed by atoms with Crippen molar-refractivity contribution in [3.63, 3.8) is 0 Å². The minimum atomic E-state index is -4.64. The van der Waals surface area contributed by atoms with E-state index in [1.165, 1.54) is 0 Å². The number of imide groups is 1. The summed E-state index contributed by atoms with van der Waals surface area (Å²) in [4.78, 5) is 21.7. The number of hydrogen-bond acceptors (Lipinski definition) is 5. The standard InChI is InChI=1S/C5H7NO6S.Na/c1-2-3(13(10,11)12)5(8)6(9)4(2)7;/h2-3,9H,1H3,(H,10,11,12);/q;+1. The van der Waals surface area contributed by atoms with Crippen molar-refractivity contribution >= 4 is 21.9 Å². The van der Waals surface area contributed by atoms with Crippen LogP contribution in [-0.2, 0) is 19.7 Å². The van der Waals surface area contributed by atoms with E-state index in [0.29, 0.717) is 0 Å². The summed E-state index contributed by atoms with van der Waals surface area (Å²) in [6.07, 6.45) is 0. The third-order valence-electron chi connectivity index (χ3n) is 1.83. The van der Waals surface area contributed by atoms with Gasteiger partial charge in [-0.1, -0.05) is 6.92 Å². The third-order valence-corrected chi connectivity index (χ3v) is 3.08. The van der Waals surface area contributed by atoms with Gasteiger partial charge in [0.2, 0.25) is 0 Å². The second kappa shape index (κ2) is 4.25. The Bertz CT molecular complexity index is 364. The van der Waals surface area contributed by atoms with Crippen LogP contribution >= 0.6 is 0 Å². The van der Waals surface area contributed by atoms with E-state index in [9.17, 15) is 18.0 Å². The molecule has 14 heavy (non-hydrogen) atoms. The maximum atomic E-state index is 10.9. The number of carbonyl (C=O) groups is 2. The van der Waals surface area contributed by atoms with E-state index < -0.39 is 33.1 Å². The summed E-state index contributed by atoms with van der Waals surface area (Å²) >= 11 is 0. The van der Waals surface area contributed by atoms with Gasteiger partial charge in [0.25, 0.3) is 21.9 Å². The van der Waals surface area contributed by atoms with Crippen molar-refractivity contribution in [2.24, 2.45) is 5.92 Å². The van der Waals surface area contributed by atoms with Crippen LogP contribution < -0.4 is 29.6 Å². The molecule has 74 valence electrons. The first-order chi connectivity index (χ1) is 5.76. The summed E-state index contributed by atoms with van der Waals surface area (Å²) in [7, 11) is -4.64. The van der Waals surface area contributed by atoms with E-state index in [0.717, 1.165) is 6.92 Å². The zero-order valence-electron chi connectivity index (χ0n) is 7.54. The van der Waals surface area contributed by atoms with Crippen LogP contribution in [0.3, 0.4) is 0 Å². The van der Waals surface area contributed by atoms with Gasteiger partial charge in [-0.3, -0.25) is 19.3 Å². The molecule has 0 bridgehead atoms. The molecule has 1 rings (SSSR count). The zero-order valence-corrected chi connectivity index (χ0v) is 10.4. The fourth-order valence-corrected chi connectivity index (χ4v) is 2.14. The molecule has 9 heteroatoms. The second-order valence-electron chi connectivity index (χ2n) is 2.71. The van der Waals surface area contributed by atoms with Gasteiger partial charge >= 0.3 is 29.6 Å². The van der Waals surface area contributed by atoms with Crippen LogP contribution in [-0.4, -0.2) is 40.3 Å². The Labute approximate surface area is 102 Å². The number of amides is 2. The molecule has 0 aromatic carbocycles. The number of nitrogens with zero attached hydrogens (tertiary/aromatic N) is 1. The van der Waals surface area contributed by atoms with E-state index in [1.807, 2.05) is 0 Å². The minimum absolute atomic E-state index is 0. The molecule has 0 spiro atoms. The Morgan fingerprint density at radius 3 is 1.86 bits per heavy atom. The van der Waals surface area contributed by atoms with E-state index in [4.69, 9.17) is 9.76 Å². The normalized spacial score (nSPS) is 27.8. The Balaban J connectivity index is 0.00000169. The van der Waals surface area contributed by atoms with Crippen LogP contribution in [0.15, 0.2) is 0 Å². The molecule has 1 aliphatic rings. The fourth-order valence-electron chi connectivity index (χ4n) is 1.15. The monoisotopic (exact) mass is 232 g/mol. The molecule has 0 aromatic rings. The molecule has 1 fully saturated rings. The molecule has 0 radical (unpaired) electrons. The minimum Gasteiger partial charge on any atom is -0.285 e. The van der Waals surface area contributed by atoms with Crippen LogP contribution in [0.5, 0.6) is 0 Å². The van der Waals surface area contributed by atoms with E-state index in [1.54, 1.807) is 0 Å². The Morgan fingerprint density at radius 1 is 1.29 bits per heavy atom. The van der Waals surface area contributed by atoms with E-state index in [2.05, 4.69) is 0 Å². The summed E-state index contributed by atoms with van der Waals surface area (Å²) in [5.41, 5.74) is 0. The predicted octanol–water partition coefficient (Wildman–Crippen LogP) is -4.36. The van der Waals surface area contributed by atoms with Gasteiger partial charge in [-0.25, -0.2) is 0 Å². The van der Waals surface area contributed by atoms with Crippen LogP contribution in [0, 0.1) is 5.92 Å². The van der Waals surface area contributed by atoms with Crippen molar-refractivity contribution in [1.82, 2.24) is 5.06 Å². The third kappa shape index (κ3) is 2.15. The number of hydroxylamine groups is 2. The van der Waals surface area contributed by atoms with Crippen LogP contribution in [0.2, 0.25) is 0 Å². The van der Waals surface area contributed by atoms with Gasteiger partial charge < -0.3 is 0 Å². The van der Waals surface area contributed by atoms with Crippen molar-refractivity contribution in [1.29, 1.82) is 0 Å². The van der Waals surface area contributed by atoms with Crippen molar-refractivity contribution in [2.75, 3.05) is 0 Å². The maximum Gasteiger partial charge on any atom is 1.00 e. The number of rotatable bonds is 1. The largest absolute Gasteiger partial charge is 1.00 e. The number of carbonyl (C=O) groups excluding carboxylic acids is 2. The zero-order chi connectivity index (χ0) is 10.4. The summed E-state index contributed by atoms with van der Waals surface area (Å²) < 4.78 is 29.7. The number of hydrogen-bond donors (Lipinski definition) is 2. The second-order valence-corrected chi connectivity index (χ2v) is 4.25. The topological polar surface area (TPSA) is 112 Å². The average molecular weight is 232 g/mol. The van der Waals surface area contributed by atoms with Gasteiger partial charge in [-0.2, -0.15) is 13.5 Å². The van der Waals surface area contributed by atoms with Crippen molar-refractivity contribution < 1.29 is 57.3 Å². The van der Waals surface area contributed by atoms with Crippen molar-refractivity contribution in [3.05, 3.63) is 0 Å². The van der Waals surface area contributed by atoms with Gasteiger partial charge in [0, 0.05) is 0 Å². The van der Waals surface area contributed by atoms with Crippen LogP contribution in [0.1, 0.15) is 6.92 Å². The van der Waals surface area contributed by atoms with Gasteiger partial charge in [0.1, 0.15) is 0 Å². The average Bonchev–Trinajstić information content (AvgIpc) is 2.14. The Morgan fingerprint density at radius 2 is 1.71 bits per heavy atom. The Hall–Kier alpha value is 0.01000. The summed E-state index contributed by atoms with van der Waals surface area (Å²) in [5, 5.41) is 6.56. The van der Waals surface area contributed by atoms with Gasteiger partial charge in [-0.05, 0) is 0 Å². The maximum absolute atomic E-state index is 10.9. The van der Waals surface area contributed by atoms with E-state index >= 15 is 0 Å². The van der Waals surface area contributed by atoms with Gasteiger partial charge in [-0.15, -0.1) is 0 Å². The molecule has 2 amide bonds. The molecule has 1 heterocycles. The summed E-state index contributed by atoms with van der Waals surface area (Å²) in [6, 6.07) is 0. The molecular formula is C5H7NNaO6S+. The molecular weight excluding hydrogens is 225 g/mol. The molecule has 0 aliphatic carbocycles. The molecule has 2 unspecified atom stereocenters. The van der Waals surface area contributed by atoms with Crippen LogP contribution in [0.4, 0.5) is 0 Å². The molecule has 2 N–H and O–H groups in total. The molecule has 0 saturated carbocycles. The SMILES string of the molecule is CC1C(=O)N(O)C(=O)C1S(=O)(=O)O.[Na+]. The predicted molar refractivity (Wildman–Crippen MR) is 38.1 cm³/mol. The van der Waals surface area contributed by atoms with Crippen LogP contribution in [0.25, 0.3) is 0 Å². The van der Waals surface area contributed by atoms with Crippen molar-refractivity contribution in [3.8, 4) is 0 Å². The molecule has 7 nitrogen and oxygen atoms in total. The van der Waals surface area contributed by atoms with Gasteiger partial charge in [0.15, 0.2) is 5.25 Å². The van der Waals surface area contributed by atoms with Crippen molar-refractivity contribution in [2.45, 2.75) is 12.2 Å². The molecule has 1 aliphatic heterocycles. The quantitative estimate of drug-likeness (QED) is 0.204. The van der Waals surface area contributed by atoms with E-state index in [-0.39, 0.29) is 34.6 Å². The first kappa shape index (κ1) is 14.0. The Kier molecular flexibility index (Phi) is 4.25. The summed E-state index contributed by atoms with van der Waals surface area (Å²) in [5.74, 6) is -3.61. The molecule has 1 saturated heterocycles. The molecule has 0 aromatic heterocycles. The first-order valence-corrected chi connectivity index (χ1v) is 4.80. The smallest absolute Gasteiger partial charge is 0.285 e. The van der Waals surface area contributed by atoms with Gasteiger partial charge in [0.05, 0.1) is 5.92 Å². The fraction of sp³-hybridized carbons (Fsp3) is 0.600. The first-order valence-electron chi connectivity index (χ1n) is 3.30. The molecule has 2 atom stereocenters. The summed E-state index contributed by atoms with van der Waals surface area (Å²) in [6.45, 7) is 1.13.